The minimum Gasteiger partial charge on any atom is -0.341 e. The number of nitrogens with zero attached hydrogens (tertiary/aromatic N) is 1. The summed E-state index contributed by atoms with van der Waals surface area (Å²) >= 11 is 0. The molecule has 1 rings (SSSR count). The van der Waals surface area contributed by atoms with E-state index in [1.165, 1.54) is 0 Å². The van der Waals surface area contributed by atoms with Crippen molar-refractivity contribution in [2.24, 2.45) is 5.92 Å². The van der Waals surface area contributed by atoms with Gasteiger partial charge in [-0.05, 0) is 12.8 Å². The first-order valence-electron chi connectivity index (χ1n) is 5.55. The molecular formula is C10H20N2O3S. The molecule has 0 radical (unpaired) electrons. The molecular weight excluding hydrogens is 228 g/mol. The lowest BCUT2D eigenvalue weighted by molar-refractivity contribution is -0.135. The zero-order chi connectivity index (χ0) is 12.3. The third-order valence-corrected chi connectivity index (χ3v) is 3.37. The molecule has 1 aliphatic heterocycles. The second-order valence-electron chi connectivity index (χ2n) is 4.67. The van der Waals surface area contributed by atoms with E-state index in [1.807, 2.05) is 13.8 Å². The smallest absolute Gasteiger partial charge is 0.225 e. The predicted octanol–water partition coefficient (Wildman–Crippen LogP) is 0.183. The number of rotatable bonds is 3. The topological polar surface area (TPSA) is 66.5 Å². The molecule has 0 aromatic carbocycles. The van der Waals surface area contributed by atoms with Crippen LogP contribution in [0.3, 0.4) is 0 Å². The molecule has 0 bridgehead atoms. The molecule has 0 aliphatic carbocycles. The van der Waals surface area contributed by atoms with Crippen LogP contribution in [0.4, 0.5) is 0 Å². The summed E-state index contributed by atoms with van der Waals surface area (Å²) in [5, 5.41) is 0. The molecule has 6 heteroatoms. The van der Waals surface area contributed by atoms with Gasteiger partial charge in [0.05, 0.1) is 6.26 Å². The summed E-state index contributed by atoms with van der Waals surface area (Å²) < 4.78 is 24.8. The lowest BCUT2D eigenvalue weighted by Gasteiger charge is -2.33. The van der Waals surface area contributed by atoms with Crippen molar-refractivity contribution >= 4 is 15.9 Å². The third-order valence-electron chi connectivity index (χ3n) is 2.61. The van der Waals surface area contributed by atoms with Gasteiger partial charge in [-0.1, -0.05) is 13.8 Å². The molecule has 1 heterocycles. The summed E-state index contributed by atoms with van der Waals surface area (Å²) in [5.41, 5.74) is 0. The maximum Gasteiger partial charge on any atom is 0.225 e. The fraction of sp³-hybridized carbons (Fsp3) is 0.900. The van der Waals surface area contributed by atoms with Crippen molar-refractivity contribution in [2.75, 3.05) is 19.3 Å². The summed E-state index contributed by atoms with van der Waals surface area (Å²) in [4.78, 5) is 13.5. The van der Waals surface area contributed by atoms with E-state index in [0.29, 0.717) is 6.54 Å². The largest absolute Gasteiger partial charge is 0.341 e. The maximum absolute atomic E-state index is 11.8. The highest BCUT2D eigenvalue weighted by molar-refractivity contribution is 7.88. The number of amides is 1. The fourth-order valence-electron chi connectivity index (χ4n) is 1.94. The molecule has 0 spiro atoms. The molecule has 1 N–H and O–H groups in total. The Morgan fingerprint density at radius 1 is 1.44 bits per heavy atom. The minimum absolute atomic E-state index is 0.0306. The van der Waals surface area contributed by atoms with Gasteiger partial charge in [0.15, 0.2) is 0 Å². The number of piperidine rings is 1. The maximum atomic E-state index is 11.8. The fourth-order valence-corrected chi connectivity index (χ4v) is 2.74. The average molecular weight is 248 g/mol. The zero-order valence-corrected chi connectivity index (χ0v) is 10.9. The van der Waals surface area contributed by atoms with Crippen LogP contribution in [0.1, 0.15) is 26.7 Å². The predicted molar refractivity (Wildman–Crippen MR) is 62.4 cm³/mol. The quantitative estimate of drug-likeness (QED) is 0.775. The van der Waals surface area contributed by atoms with Gasteiger partial charge in [0, 0.05) is 25.0 Å². The van der Waals surface area contributed by atoms with E-state index in [2.05, 4.69) is 4.72 Å². The Labute approximate surface area is 97.2 Å². The first kappa shape index (κ1) is 13.4. The highest BCUT2D eigenvalue weighted by Gasteiger charge is 2.26. The van der Waals surface area contributed by atoms with Crippen molar-refractivity contribution < 1.29 is 13.2 Å². The Bertz CT molecular complexity index is 351. The van der Waals surface area contributed by atoms with Crippen LogP contribution in [0.2, 0.25) is 0 Å². The SMILES string of the molecule is CC(C)C(=O)N1CCCC(NS(C)(=O)=O)C1. The van der Waals surface area contributed by atoms with Crippen molar-refractivity contribution in [3.8, 4) is 0 Å². The molecule has 1 saturated heterocycles. The normalized spacial score (nSPS) is 22.5. The van der Waals surface area contributed by atoms with Gasteiger partial charge >= 0.3 is 0 Å². The molecule has 1 fully saturated rings. The van der Waals surface area contributed by atoms with Crippen molar-refractivity contribution in [2.45, 2.75) is 32.7 Å². The second kappa shape index (κ2) is 5.14. The Morgan fingerprint density at radius 3 is 2.56 bits per heavy atom. The highest BCUT2D eigenvalue weighted by atomic mass is 32.2. The van der Waals surface area contributed by atoms with Crippen LogP contribution in [0.5, 0.6) is 0 Å². The number of likely N-dealkylation sites (tertiary alicyclic amines) is 1. The van der Waals surface area contributed by atoms with Gasteiger partial charge in [0.1, 0.15) is 0 Å². The highest BCUT2D eigenvalue weighted by Crippen LogP contribution is 2.13. The molecule has 1 atom stereocenters. The zero-order valence-electron chi connectivity index (χ0n) is 10.1. The molecule has 5 nitrogen and oxygen atoms in total. The van der Waals surface area contributed by atoms with Crippen LogP contribution in [-0.2, 0) is 14.8 Å². The molecule has 16 heavy (non-hydrogen) atoms. The van der Waals surface area contributed by atoms with Gasteiger partial charge in [0.25, 0.3) is 0 Å². The van der Waals surface area contributed by atoms with E-state index in [1.54, 1.807) is 4.90 Å². The van der Waals surface area contributed by atoms with Gasteiger partial charge in [-0.2, -0.15) is 0 Å². The number of nitrogens with one attached hydrogen (secondary N) is 1. The van der Waals surface area contributed by atoms with Crippen molar-refractivity contribution in [1.29, 1.82) is 0 Å². The van der Waals surface area contributed by atoms with Crippen LogP contribution >= 0.6 is 0 Å². The van der Waals surface area contributed by atoms with E-state index in [-0.39, 0.29) is 17.9 Å². The molecule has 1 unspecified atom stereocenters. The Balaban J connectivity index is 2.57. The second-order valence-corrected chi connectivity index (χ2v) is 6.45. The number of carbonyl (C=O) groups excluding carboxylic acids is 1. The Morgan fingerprint density at radius 2 is 2.06 bits per heavy atom. The summed E-state index contributed by atoms with van der Waals surface area (Å²) in [6.07, 6.45) is 2.80. The van der Waals surface area contributed by atoms with Gasteiger partial charge < -0.3 is 4.90 Å². The monoisotopic (exact) mass is 248 g/mol. The van der Waals surface area contributed by atoms with Crippen LogP contribution in [0.15, 0.2) is 0 Å². The molecule has 0 aromatic rings. The van der Waals surface area contributed by atoms with Gasteiger partial charge in [0.2, 0.25) is 15.9 Å². The van der Waals surface area contributed by atoms with E-state index in [0.717, 1.165) is 25.6 Å². The van der Waals surface area contributed by atoms with E-state index in [4.69, 9.17) is 0 Å². The molecule has 0 saturated carbocycles. The van der Waals surface area contributed by atoms with E-state index in [9.17, 15) is 13.2 Å². The van der Waals surface area contributed by atoms with Gasteiger partial charge in [-0.3, -0.25) is 4.79 Å². The van der Waals surface area contributed by atoms with Crippen molar-refractivity contribution in [3.05, 3.63) is 0 Å². The molecule has 94 valence electrons. The number of carbonyl (C=O) groups is 1. The van der Waals surface area contributed by atoms with E-state index >= 15 is 0 Å². The lowest BCUT2D eigenvalue weighted by Crippen LogP contribution is -2.50. The van der Waals surface area contributed by atoms with Crippen LogP contribution < -0.4 is 4.72 Å². The first-order chi connectivity index (χ1) is 7.29. The summed E-state index contributed by atoms with van der Waals surface area (Å²) in [6.45, 7) is 4.94. The molecule has 1 aliphatic rings. The lowest BCUT2D eigenvalue weighted by atomic mass is 10.0. The van der Waals surface area contributed by atoms with Gasteiger partial charge in [-0.25, -0.2) is 13.1 Å². The average Bonchev–Trinajstić information content (AvgIpc) is 2.14. The molecule has 1 amide bonds. The van der Waals surface area contributed by atoms with Crippen LogP contribution in [0.25, 0.3) is 0 Å². The summed E-state index contributed by atoms with van der Waals surface area (Å²) in [5.74, 6) is 0.0667. The van der Waals surface area contributed by atoms with E-state index < -0.39 is 10.0 Å². The van der Waals surface area contributed by atoms with Crippen LogP contribution in [0, 0.1) is 5.92 Å². The standard InChI is InChI=1S/C10H20N2O3S/c1-8(2)10(13)12-6-4-5-9(7-12)11-16(3,14)15/h8-9,11H,4-7H2,1-3H3. The summed E-state index contributed by atoms with van der Waals surface area (Å²) in [7, 11) is -3.18. The Hall–Kier alpha value is -0.620. The van der Waals surface area contributed by atoms with Crippen molar-refractivity contribution in [3.63, 3.8) is 0 Å². The van der Waals surface area contributed by atoms with Crippen molar-refractivity contribution in [1.82, 2.24) is 9.62 Å². The molecule has 0 aromatic heterocycles. The van der Waals surface area contributed by atoms with Gasteiger partial charge in [-0.15, -0.1) is 0 Å². The summed E-state index contributed by atoms with van der Waals surface area (Å²) in [6, 6.07) is -0.133. The third kappa shape index (κ3) is 4.09. The first-order valence-corrected chi connectivity index (χ1v) is 7.45. The Kier molecular flexibility index (Phi) is 4.32. The number of hydrogen-bond donors (Lipinski definition) is 1. The minimum atomic E-state index is -3.18. The van der Waals surface area contributed by atoms with Crippen LogP contribution in [-0.4, -0.2) is 44.6 Å². The number of sulfonamides is 1. The number of hydrogen-bond acceptors (Lipinski definition) is 3.